The predicted molar refractivity (Wildman–Crippen MR) is 130 cm³/mol. The molecule has 2 aromatic rings. The lowest BCUT2D eigenvalue weighted by Gasteiger charge is -2.17. The number of benzene rings is 2. The molecule has 0 bridgehead atoms. The van der Waals surface area contributed by atoms with Crippen LogP contribution in [0.25, 0.3) is 0 Å². The second kappa shape index (κ2) is 12.9. The Bertz CT molecular complexity index is 846. The van der Waals surface area contributed by atoms with Crippen molar-refractivity contribution < 1.29 is 23.7 Å². The van der Waals surface area contributed by atoms with Gasteiger partial charge in [0.25, 0.3) is 0 Å². The summed E-state index contributed by atoms with van der Waals surface area (Å²) in [6.45, 7) is 0.638. The second-order valence-corrected chi connectivity index (χ2v) is 5.94. The topological polar surface area (TPSA) is 82.6 Å². The number of halogens is 1. The molecule has 0 amide bonds. The molecule has 8 nitrogen and oxygen atoms in total. The number of methoxy groups -OCH3 is 5. The van der Waals surface area contributed by atoms with E-state index in [2.05, 4.69) is 15.6 Å². The van der Waals surface area contributed by atoms with Gasteiger partial charge in [-0.05, 0) is 24.6 Å². The lowest BCUT2D eigenvalue weighted by Crippen LogP contribution is -2.32. The number of guanidine groups is 1. The van der Waals surface area contributed by atoms with E-state index < -0.39 is 0 Å². The third-order valence-corrected chi connectivity index (χ3v) is 4.34. The van der Waals surface area contributed by atoms with Crippen molar-refractivity contribution in [3.05, 3.63) is 35.9 Å². The molecule has 0 saturated carbocycles. The summed E-state index contributed by atoms with van der Waals surface area (Å²) in [6, 6.07) is 9.41. The van der Waals surface area contributed by atoms with Crippen LogP contribution >= 0.6 is 24.0 Å². The van der Waals surface area contributed by atoms with Crippen molar-refractivity contribution in [2.45, 2.75) is 6.42 Å². The SMILES string of the molecule is CN=C(NCCc1ccc(OC)c(OC)c1OC)Nc1ccc(OC)c(OC)c1.I. The standard InChI is InChI=1S/C21H29N3O5.HI/c1-22-21(24-15-8-10-16(25-2)18(13-15)27-4)23-12-11-14-7-9-17(26-3)20(29-6)19(14)28-5;/h7-10,13H,11-12H2,1-6H3,(H2,22,23,24);1H. The minimum atomic E-state index is 0. The van der Waals surface area contributed by atoms with Gasteiger partial charge in [-0.25, -0.2) is 0 Å². The average molecular weight is 531 g/mol. The molecule has 0 radical (unpaired) electrons. The van der Waals surface area contributed by atoms with E-state index in [4.69, 9.17) is 23.7 Å². The zero-order chi connectivity index (χ0) is 21.2. The number of ether oxygens (including phenoxy) is 5. The summed E-state index contributed by atoms with van der Waals surface area (Å²) in [5, 5.41) is 6.53. The van der Waals surface area contributed by atoms with Gasteiger partial charge in [-0.3, -0.25) is 4.99 Å². The Hall–Kier alpha value is -2.56. The molecule has 0 fully saturated rings. The Morgan fingerprint density at radius 3 is 2.00 bits per heavy atom. The number of hydrogen-bond donors (Lipinski definition) is 2. The van der Waals surface area contributed by atoms with Gasteiger partial charge in [0.2, 0.25) is 5.75 Å². The summed E-state index contributed by atoms with van der Waals surface area (Å²) in [7, 11) is 9.73. The summed E-state index contributed by atoms with van der Waals surface area (Å²) in [6.07, 6.45) is 0.705. The molecule has 0 heterocycles. The Kier molecular flexibility index (Phi) is 10.9. The zero-order valence-corrected chi connectivity index (χ0v) is 20.5. The minimum absolute atomic E-state index is 0. The van der Waals surface area contributed by atoms with Crippen molar-refractivity contribution in [2.24, 2.45) is 4.99 Å². The normalized spacial score (nSPS) is 10.5. The van der Waals surface area contributed by atoms with Gasteiger partial charge in [-0.2, -0.15) is 0 Å². The van der Waals surface area contributed by atoms with Gasteiger partial charge >= 0.3 is 0 Å². The second-order valence-electron chi connectivity index (χ2n) is 5.94. The molecule has 0 saturated heterocycles. The average Bonchev–Trinajstić information content (AvgIpc) is 2.77. The van der Waals surface area contributed by atoms with Crippen LogP contribution in [0.15, 0.2) is 35.3 Å². The highest BCUT2D eigenvalue weighted by Crippen LogP contribution is 2.39. The van der Waals surface area contributed by atoms with Gasteiger partial charge in [0.1, 0.15) is 0 Å². The van der Waals surface area contributed by atoms with Gasteiger partial charge in [0.15, 0.2) is 29.0 Å². The molecule has 0 aliphatic rings. The third kappa shape index (κ3) is 6.22. The first-order valence-corrected chi connectivity index (χ1v) is 9.09. The van der Waals surface area contributed by atoms with Gasteiger partial charge < -0.3 is 34.3 Å². The summed E-state index contributed by atoms with van der Waals surface area (Å²) in [4.78, 5) is 4.26. The molecule has 9 heteroatoms. The van der Waals surface area contributed by atoms with E-state index in [1.807, 2.05) is 30.3 Å². The van der Waals surface area contributed by atoms with Crippen LogP contribution in [0.5, 0.6) is 28.7 Å². The van der Waals surface area contributed by atoms with Crippen LogP contribution in [-0.2, 0) is 6.42 Å². The lowest BCUT2D eigenvalue weighted by molar-refractivity contribution is 0.322. The van der Waals surface area contributed by atoms with Gasteiger partial charge in [-0.15, -0.1) is 24.0 Å². The Morgan fingerprint density at radius 1 is 0.800 bits per heavy atom. The molecule has 0 aliphatic heterocycles. The highest BCUT2D eigenvalue weighted by atomic mass is 127. The molecular formula is C21H30IN3O5. The van der Waals surface area contributed by atoms with E-state index in [1.165, 1.54) is 0 Å². The fourth-order valence-corrected chi connectivity index (χ4v) is 2.91. The molecule has 30 heavy (non-hydrogen) atoms. The van der Waals surface area contributed by atoms with Crippen molar-refractivity contribution in [1.82, 2.24) is 5.32 Å². The van der Waals surface area contributed by atoms with E-state index in [0.29, 0.717) is 47.7 Å². The molecule has 0 spiro atoms. The highest BCUT2D eigenvalue weighted by Gasteiger charge is 2.15. The van der Waals surface area contributed by atoms with Crippen LogP contribution in [0.1, 0.15) is 5.56 Å². The first-order valence-electron chi connectivity index (χ1n) is 9.09. The maximum atomic E-state index is 5.53. The van der Waals surface area contributed by atoms with Crippen LogP contribution in [0.3, 0.4) is 0 Å². The molecule has 2 rings (SSSR count). The van der Waals surface area contributed by atoms with Gasteiger partial charge in [-0.1, -0.05) is 6.07 Å². The van der Waals surface area contributed by atoms with E-state index in [1.54, 1.807) is 42.6 Å². The summed E-state index contributed by atoms with van der Waals surface area (Å²) < 4.78 is 26.9. The van der Waals surface area contributed by atoms with E-state index in [9.17, 15) is 0 Å². The van der Waals surface area contributed by atoms with Crippen molar-refractivity contribution in [3.63, 3.8) is 0 Å². The molecular weight excluding hydrogens is 501 g/mol. The summed E-state index contributed by atoms with van der Waals surface area (Å²) in [5.41, 5.74) is 1.83. The van der Waals surface area contributed by atoms with Crippen LogP contribution in [0, 0.1) is 0 Å². The largest absolute Gasteiger partial charge is 0.493 e. The van der Waals surface area contributed by atoms with Gasteiger partial charge in [0.05, 0.1) is 35.5 Å². The van der Waals surface area contributed by atoms with Crippen LogP contribution in [0.4, 0.5) is 5.69 Å². The first-order chi connectivity index (χ1) is 14.1. The molecule has 2 N–H and O–H groups in total. The summed E-state index contributed by atoms with van der Waals surface area (Å²) >= 11 is 0. The van der Waals surface area contributed by atoms with Crippen molar-refractivity contribution in [2.75, 3.05) is 54.5 Å². The molecule has 166 valence electrons. The highest BCUT2D eigenvalue weighted by molar-refractivity contribution is 14.0. The van der Waals surface area contributed by atoms with E-state index in [0.717, 1.165) is 11.3 Å². The number of nitrogens with one attached hydrogen (secondary N) is 2. The van der Waals surface area contributed by atoms with Crippen molar-refractivity contribution in [1.29, 1.82) is 0 Å². The van der Waals surface area contributed by atoms with E-state index in [-0.39, 0.29) is 24.0 Å². The number of rotatable bonds is 9. The Morgan fingerprint density at radius 2 is 1.43 bits per heavy atom. The fraction of sp³-hybridized carbons (Fsp3) is 0.381. The summed E-state index contributed by atoms with van der Waals surface area (Å²) in [5.74, 6) is 3.82. The monoisotopic (exact) mass is 531 g/mol. The number of aliphatic imine (C=N–C) groups is 1. The quantitative estimate of drug-likeness (QED) is 0.291. The van der Waals surface area contributed by atoms with Crippen LogP contribution in [0.2, 0.25) is 0 Å². The maximum Gasteiger partial charge on any atom is 0.203 e. The van der Waals surface area contributed by atoms with Crippen LogP contribution < -0.4 is 34.3 Å². The van der Waals surface area contributed by atoms with Crippen LogP contribution in [-0.4, -0.2) is 55.1 Å². The number of anilines is 1. The smallest absolute Gasteiger partial charge is 0.203 e. The minimum Gasteiger partial charge on any atom is -0.493 e. The fourth-order valence-electron chi connectivity index (χ4n) is 2.91. The van der Waals surface area contributed by atoms with Crippen molar-refractivity contribution >= 4 is 35.6 Å². The van der Waals surface area contributed by atoms with E-state index >= 15 is 0 Å². The zero-order valence-electron chi connectivity index (χ0n) is 18.2. The number of hydrogen-bond acceptors (Lipinski definition) is 6. The Balaban J connectivity index is 0.00000450. The lowest BCUT2D eigenvalue weighted by atomic mass is 10.1. The third-order valence-electron chi connectivity index (χ3n) is 4.34. The predicted octanol–water partition coefficient (Wildman–Crippen LogP) is 3.58. The Labute approximate surface area is 194 Å². The molecule has 0 aromatic heterocycles. The maximum absolute atomic E-state index is 5.53. The molecule has 0 atom stereocenters. The molecule has 0 unspecified atom stereocenters. The van der Waals surface area contributed by atoms with Gasteiger partial charge in [0, 0.05) is 30.9 Å². The molecule has 2 aromatic carbocycles. The molecule has 0 aliphatic carbocycles. The van der Waals surface area contributed by atoms with Crippen molar-refractivity contribution in [3.8, 4) is 28.7 Å². The first kappa shape index (κ1) is 25.5. The number of nitrogens with zero attached hydrogens (tertiary/aromatic N) is 1.